The third kappa shape index (κ3) is 5.48. The van der Waals surface area contributed by atoms with E-state index < -0.39 is 13.0 Å². The number of halogens is 2. The van der Waals surface area contributed by atoms with Crippen LogP contribution in [0.2, 0.25) is 0 Å². The summed E-state index contributed by atoms with van der Waals surface area (Å²) < 4.78 is 28.3. The molecule has 0 bridgehead atoms. The molecule has 0 aliphatic heterocycles. The molecular weight excluding hydrogens is 234 g/mol. The van der Waals surface area contributed by atoms with Gasteiger partial charge >= 0.3 is 0 Å². The Bertz CT molecular complexity index is 294. The maximum Gasteiger partial charge on any atom is 0.261 e. The Morgan fingerprint density at radius 3 is 3.06 bits per heavy atom. The summed E-state index contributed by atoms with van der Waals surface area (Å²) >= 11 is 1.59. The molecule has 92 valence electrons. The number of nitrogens with zero attached hydrogens (tertiary/aromatic N) is 1. The third-order valence-corrected chi connectivity index (χ3v) is 2.91. The normalized spacial score (nSPS) is 11.2. The monoisotopic (exact) mass is 250 g/mol. The lowest BCUT2D eigenvalue weighted by molar-refractivity contribution is 0.0187. The number of ether oxygens (including phenoxy) is 1. The molecule has 0 aliphatic carbocycles. The van der Waals surface area contributed by atoms with Crippen molar-refractivity contribution in [2.45, 2.75) is 26.3 Å². The number of aromatic nitrogens is 1. The molecule has 0 unspecified atom stereocenters. The summed E-state index contributed by atoms with van der Waals surface area (Å²) in [6.07, 6.45) is 0.0276. The van der Waals surface area contributed by atoms with Crippen LogP contribution in [0.1, 0.15) is 16.8 Å². The van der Waals surface area contributed by atoms with Gasteiger partial charge in [-0.15, -0.1) is 11.3 Å². The maximum atomic E-state index is 11.8. The minimum Gasteiger partial charge on any atom is -0.375 e. The molecule has 1 aromatic heterocycles. The van der Waals surface area contributed by atoms with Crippen molar-refractivity contribution in [2.24, 2.45) is 0 Å². The number of rotatable bonds is 8. The Kier molecular flexibility index (Phi) is 6.44. The van der Waals surface area contributed by atoms with Crippen LogP contribution in [0, 0.1) is 0 Å². The van der Waals surface area contributed by atoms with Gasteiger partial charge in [0, 0.05) is 24.0 Å². The van der Waals surface area contributed by atoms with Crippen LogP contribution in [-0.2, 0) is 17.7 Å². The van der Waals surface area contributed by atoms with Crippen molar-refractivity contribution >= 4 is 11.3 Å². The van der Waals surface area contributed by atoms with Crippen molar-refractivity contribution in [1.29, 1.82) is 0 Å². The predicted octanol–water partition coefficient (Wildman–Crippen LogP) is 2.08. The van der Waals surface area contributed by atoms with Gasteiger partial charge in [0.2, 0.25) is 0 Å². The highest BCUT2D eigenvalue weighted by atomic mass is 32.1. The van der Waals surface area contributed by atoms with Crippen LogP contribution in [0.15, 0.2) is 6.20 Å². The molecule has 0 amide bonds. The highest BCUT2D eigenvalue weighted by Crippen LogP contribution is 2.13. The zero-order valence-electron chi connectivity index (χ0n) is 9.21. The second kappa shape index (κ2) is 7.65. The van der Waals surface area contributed by atoms with E-state index in [4.69, 9.17) is 4.74 Å². The molecule has 0 saturated heterocycles. The summed E-state index contributed by atoms with van der Waals surface area (Å²) in [5.41, 5.74) is 0. The van der Waals surface area contributed by atoms with Gasteiger partial charge in [0.25, 0.3) is 6.43 Å². The lowest BCUT2D eigenvalue weighted by atomic mass is 10.5. The molecule has 0 aliphatic rings. The Morgan fingerprint density at radius 2 is 2.38 bits per heavy atom. The average Bonchev–Trinajstić information content (AvgIpc) is 2.69. The van der Waals surface area contributed by atoms with Gasteiger partial charge < -0.3 is 10.1 Å². The smallest absolute Gasteiger partial charge is 0.261 e. The molecule has 1 N–H and O–H groups in total. The number of nitrogens with one attached hydrogen (secondary N) is 1. The fraction of sp³-hybridized carbons (Fsp3) is 0.700. The zero-order valence-corrected chi connectivity index (χ0v) is 10.0. The standard InChI is InChI=1S/C10H16F2N2OS/c1-2-13-5-8-6-14-10(16-8)3-4-15-7-9(11)12/h6,9,13H,2-5,7H2,1H3. The third-order valence-electron chi connectivity index (χ3n) is 1.85. The second-order valence-corrected chi connectivity index (χ2v) is 4.42. The van der Waals surface area contributed by atoms with Crippen LogP contribution < -0.4 is 5.32 Å². The fourth-order valence-corrected chi connectivity index (χ4v) is 2.00. The van der Waals surface area contributed by atoms with E-state index in [1.807, 2.05) is 13.1 Å². The van der Waals surface area contributed by atoms with E-state index in [0.29, 0.717) is 13.0 Å². The summed E-state index contributed by atoms with van der Waals surface area (Å²) in [5, 5.41) is 4.13. The molecule has 3 nitrogen and oxygen atoms in total. The predicted molar refractivity (Wildman–Crippen MR) is 60.0 cm³/mol. The van der Waals surface area contributed by atoms with Crippen molar-refractivity contribution in [3.05, 3.63) is 16.1 Å². The zero-order chi connectivity index (χ0) is 11.8. The fourth-order valence-electron chi connectivity index (χ4n) is 1.13. The highest BCUT2D eigenvalue weighted by Gasteiger charge is 2.04. The van der Waals surface area contributed by atoms with Crippen LogP contribution in [0.3, 0.4) is 0 Å². The van der Waals surface area contributed by atoms with Crippen LogP contribution in [0.5, 0.6) is 0 Å². The Hall–Kier alpha value is -0.590. The summed E-state index contributed by atoms with van der Waals surface area (Å²) in [6, 6.07) is 0. The van der Waals surface area contributed by atoms with E-state index in [0.717, 1.165) is 23.0 Å². The van der Waals surface area contributed by atoms with Gasteiger partial charge in [-0.05, 0) is 6.54 Å². The minimum atomic E-state index is -2.39. The van der Waals surface area contributed by atoms with Gasteiger partial charge in [0.05, 0.1) is 11.6 Å². The largest absolute Gasteiger partial charge is 0.375 e. The topological polar surface area (TPSA) is 34.2 Å². The molecule has 0 atom stereocenters. The Balaban J connectivity index is 2.19. The molecule has 6 heteroatoms. The van der Waals surface area contributed by atoms with Gasteiger partial charge in [-0.25, -0.2) is 13.8 Å². The number of hydrogen-bond acceptors (Lipinski definition) is 4. The summed E-state index contributed by atoms with van der Waals surface area (Å²) in [5.74, 6) is 0. The van der Waals surface area contributed by atoms with Gasteiger partial charge in [-0.3, -0.25) is 0 Å². The molecule has 1 rings (SSSR count). The first-order chi connectivity index (χ1) is 7.72. The molecule has 0 aromatic carbocycles. The molecule has 1 heterocycles. The highest BCUT2D eigenvalue weighted by molar-refractivity contribution is 7.11. The minimum absolute atomic E-state index is 0.304. The summed E-state index contributed by atoms with van der Waals surface area (Å²) in [7, 11) is 0. The first-order valence-electron chi connectivity index (χ1n) is 5.22. The van der Waals surface area contributed by atoms with Gasteiger partial charge in [-0.2, -0.15) is 0 Å². The molecule has 0 fully saturated rings. The molecule has 1 aromatic rings. The van der Waals surface area contributed by atoms with E-state index in [2.05, 4.69) is 10.3 Å². The molecular formula is C10H16F2N2OS. The van der Waals surface area contributed by atoms with Crippen molar-refractivity contribution in [3.8, 4) is 0 Å². The van der Waals surface area contributed by atoms with E-state index in [9.17, 15) is 8.78 Å². The second-order valence-electron chi connectivity index (χ2n) is 3.22. The van der Waals surface area contributed by atoms with Crippen molar-refractivity contribution < 1.29 is 13.5 Å². The van der Waals surface area contributed by atoms with Gasteiger partial charge in [0.15, 0.2) is 0 Å². The van der Waals surface area contributed by atoms with E-state index in [-0.39, 0.29) is 0 Å². The maximum absolute atomic E-state index is 11.8. The SMILES string of the molecule is CCNCc1cnc(CCOCC(F)F)s1. The van der Waals surface area contributed by atoms with Crippen molar-refractivity contribution in [2.75, 3.05) is 19.8 Å². The van der Waals surface area contributed by atoms with Gasteiger partial charge in [-0.1, -0.05) is 6.92 Å². The van der Waals surface area contributed by atoms with Crippen LogP contribution in [0.25, 0.3) is 0 Å². The summed E-state index contributed by atoms with van der Waals surface area (Å²) in [6.45, 7) is 3.59. The van der Waals surface area contributed by atoms with Crippen LogP contribution in [-0.4, -0.2) is 31.2 Å². The van der Waals surface area contributed by atoms with Crippen LogP contribution in [0.4, 0.5) is 8.78 Å². The average molecular weight is 250 g/mol. The van der Waals surface area contributed by atoms with Crippen molar-refractivity contribution in [3.63, 3.8) is 0 Å². The summed E-state index contributed by atoms with van der Waals surface area (Å²) in [4.78, 5) is 5.35. The Labute approximate surface area is 97.8 Å². The molecule has 0 radical (unpaired) electrons. The lowest BCUT2D eigenvalue weighted by Gasteiger charge is -2.00. The number of alkyl halides is 2. The van der Waals surface area contributed by atoms with Crippen molar-refractivity contribution in [1.82, 2.24) is 10.3 Å². The van der Waals surface area contributed by atoms with Crippen LogP contribution >= 0.6 is 11.3 Å². The van der Waals surface area contributed by atoms with E-state index in [1.54, 1.807) is 11.3 Å². The number of hydrogen-bond donors (Lipinski definition) is 1. The number of thiazole rings is 1. The quantitative estimate of drug-likeness (QED) is 0.717. The Morgan fingerprint density at radius 1 is 1.56 bits per heavy atom. The first kappa shape index (κ1) is 13.5. The van der Waals surface area contributed by atoms with E-state index >= 15 is 0 Å². The first-order valence-corrected chi connectivity index (χ1v) is 6.04. The van der Waals surface area contributed by atoms with E-state index in [1.165, 1.54) is 0 Å². The van der Waals surface area contributed by atoms with Gasteiger partial charge in [0.1, 0.15) is 6.61 Å². The molecule has 16 heavy (non-hydrogen) atoms. The molecule has 0 saturated carbocycles. The molecule has 0 spiro atoms. The lowest BCUT2D eigenvalue weighted by Crippen LogP contribution is -2.10.